The van der Waals surface area contributed by atoms with Gasteiger partial charge in [-0.3, -0.25) is 4.79 Å². The predicted molar refractivity (Wildman–Crippen MR) is 139 cm³/mol. The van der Waals surface area contributed by atoms with Gasteiger partial charge in [-0.15, -0.1) is 11.3 Å². The van der Waals surface area contributed by atoms with Crippen LogP contribution >= 0.6 is 11.3 Å². The van der Waals surface area contributed by atoms with Gasteiger partial charge in [0.2, 0.25) is 5.91 Å². The monoisotopic (exact) mass is 494 g/mol. The number of piperidine rings is 1. The number of carbonyl (C=O) groups excluding carboxylic acids is 1. The molecule has 0 radical (unpaired) electrons. The molecule has 0 N–H and O–H groups in total. The number of rotatable bonds is 7. The van der Waals surface area contributed by atoms with Crippen molar-refractivity contribution in [3.63, 3.8) is 0 Å². The van der Waals surface area contributed by atoms with E-state index in [0.29, 0.717) is 13.1 Å². The largest absolute Gasteiger partial charge is 0.496 e. The van der Waals surface area contributed by atoms with Crippen LogP contribution in [0.25, 0.3) is 10.2 Å². The lowest BCUT2D eigenvalue weighted by atomic mass is 9.94. The van der Waals surface area contributed by atoms with Gasteiger partial charge in [-0.1, -0.05) is 18.2 Å². The standard InChI is InChI=1S/C27H34N4O3S/c1-18-19(2)35-26-24(18)25(28-17-29-26)30-12-10-20(11-13-30)27(32)31(16-22-8-6-14-34-22)15-21-7-4-5-9-23(21)33-3/h4-5,7,9,17,20,22H,6,8,10-16H2,1-3H3. The number of aromatic nitrogens is 2. The Morgan fingerprint density at radius 3 is 2.74 bits per heavy atom. The van der Waals surface area contributed by atoms with Crippen molar-refractivity contribution in [2.24, 2.45) is 5.92 Å². The van der Waals surface area contributed by atoms with E-state index in [-0.39, 0.29) is 17.9 Å². The molecule has 0 spiro atoms. The van der Waals surface area contributed by atoms with Crippen LogP contribution in [0.15, 0.2) is 30.6 Å². The third kappa shape index (κ3) is 5.00. The lowest BCUT2D eigenvalue weighted by Crippen LogP contribution is -2.45. The van der Waals surface area contributed by atoms with Crippen LogP contribution < -0.4 is 9.64 Å². The third-order valence-electron chi connectivity index (χ3n) is 7.40. The molecule has 2 aromatic heterocycles. The number of nitrogens with zero attached hydrogens (tertiary/aromatic N) is 4. The van der Waals surface area contributed by atoms with Crippen molar-refractivity contribution in [1.82, 2.24) is 14.9 Å². The summed E-state index contributed by atoms with van der Waals surface area (Å²) in [6, 6.07) is 7.97. The quantitative estimate of drug-likeness (QED) is 0.473. The first-order chi connectivity index (χ1) is 17.0. The van der Waals surface area contributed by atoms with Crippen LogP contribution in [0.5, 0.6) is 5.75 Å². The third-order valence-corrected chi connectivity index (χ3v) is 8.52. The minimum Gasteiger partial charge on any atom is -0.496 e. The number of ether oxygens (including phenoxy) is 2. The number of amides is 1. The van der Waals surface area contributed by atoms with Crippen LogP contribution in [0.2, 0.25) is 0 Å². The normalized spacial score (nSPS) is 18.8. The van der Waals surface area contributed by atoms with Gasteiger partial charge in [0, 0.05) is 49.1 Å². The Bertz CT molecular complexity index is 1180. The number of benzene rings is 1. The molecule has 1 amide bonds. The fourth-order valence-corrected chi connectivity index (χ4v) is 6.30. The number of hydrogen-bond donors (Lipinski definition) is 0. The van der Waals surface area contributed by atoms with E-state index in [1.165, 1.54) is 10.4 Å². The fraction of sp³-hybridized carbons (Fsp3) is 0.519. The van der Waals surface area contributed by atoms with Crippen LogP contribution in [-0.2, 0) is 16.1 Å². The summed E-state index contributed by atoms with van der Waals surface area (Å²) in [4.78, 5) is 29.6. The first kappa shape index (κ1) is 24.0. The Kier molecular flexibility index (Phi) is 7.20. The molecule has 0 aliphatic carbocycles. The van der Waals surface area contributed by atoms with Gasteiger partial charge in [0.15, 0.2) is 0 Å². The molecule has 0 saturated carbocycles. The van der Waals surface area contributed by atoms with Gasteiger partial charge in [-0.05, 0) is 51.2 Å². The van der Waals surface area contributed by atoms with Crippen molar-refractivity contribution in [2.45, 2.75) is 52.2 Å². The summed E-state index contributed by atoms with van der Waals surface area (Å²) in [6.07, 6.45) is 5.50. The fourth-order valence-electron chi connectivity index (χ4n) is 5.31. The molecule has 2 aliphatic rings. The molecular formula is C27H34N4O3S. The molecule has 7 nitrogen and oxygen atoms in total. The Labute approximate surface area is 211 Å². The van der Waals surface area contributed by atoms with Gasteiger partial charge in [0.25, 0.3) is 0 Å². The van der Waals surface area contributed by atoms with Crippen LogP contribution in [-0.4, -0.2) is 60.2 Å². The summed E-state index contributed by atoms with van der Waals surface area (Å²) in [7, 11) is 1.68. The zero-order valence-corrected chi connectivity index (χ0v) is 21.6. The topological polar surface area (TPSA) is 67.8 Å². The molecule has 2 aliphatic heterocycles. The van der Waals surface area contributed by atoms with Crippen LogP contribution in [0.4, 0.5) is 5.82 Å². The Morgan fingerprint density at radius 2 is 2.00 bits per heavy atom. The molecule has 1 aromatic carbocycles. The second kappa shape index (κ2) is 10.5. The number of aryl methyl sites for hydroxylation is 2. The molecule has 0 bridgehead atoms. The average Bonchev–Trinajstić information content (AvgIpc) is 3.51. The van der Waals surface area contributed by atoms with Crippen LogP contribution in [0.3, 0.4) is 0 Å². The highest BCUT2D eigenvalue weighted by atomic mass is 32.1. The van der Waals surface area contributed by atoms with Crippen molar-refractivity contribution >= 4 is 33.3 Å². The molecular weight excluding hydrogens is 460 g/mol. The van der Waals surface area contributed by atoms with Crippen LogP contribution in [0.1, 0.15) is 41.7 Å². The number of para-hydroxylation sites is 1. The van der Waals surface area contributed by atoms with E-state index in [0.717, 1.165) is 72.7 Å². The molecule has 5 rings (SSSR count). The van der Waals surface area contributed by atoms with E-state index < -0.39 is 0 Å². The molecule has 2 fully saturated rings. The first-order valence-electron chi connectivity index (χ1n) is 12.5. The Balaban J connectivity index is 1.31. The van der Waals surface area contributed by atoms with E-state index in [1.807, 2.05) is 29.2 Å². The highest BCUT2D eigenvalue weighted by Crippen LogP contribution is 2.36. The second-order valence-electron chi connectivity index (χ2n) is 9.59. The van der Waals surface area contributed by atoms with E-state index in [2.05, 4.69) is 28.7 Å². The van der Waals surface area contributed by atoms with E-state index in [4.69, 9.17) is 9.47 Å². The van der Waals surface area contributed by atoms with Crippen LogP contribution in [0, 0.1) is 19.8 Å². The number of thiophene rings is 1. The number of methoxy groups -OCH3 is 1. The van der Waals surface area contributed by atoms with Gasteiger partial charge >= 0.3 is 0 Å². The van der Waals surface area contributed by atoms with Crippen molar-refractivity contribution < 1.29 is 14.3 Å². The molecule has 1 unspecified atom stereocenters. The predicted octanol–water partition coefficient (Wildman–Crippen LogP) is 4.74. The van der Waals surface area contributed by atoms with Gasteiger partial charge in [-0.2, -0.15) is 0 Å². The summed E-state index contributed by atoms with van der Waals surface area (Å²) in [5, 5.41) is 1.16. The molecule has 2 saturated heterocycles. The second-order valence-corrected chi connectivity index (χ2v) is 10.8. The molecule has 4 heterocycles. The van der Waals surface area contributed by atoms with Gasteiger partial charge < -0.3 is 19.3 Å². The minimum absolute atomic E-state index is 0.00463. The molecule has 1 atom stereocenters. The first-order valence-corrected chi connectivity index (χ1v) is 13.3. The summed E-state index contributed by atoms with van der Waals surface area (Å²) < 4.78 is 11.5. The molecule has 3 aromatic rings. The Hall–Kier alpha value is -2.71. The highest BCUT2D eigenvalue weighted by Gasteiger charge is 2.32. The zero-order chi connectivity index (χ0) is 24.4. The summed E-state index contributed by atoms with van der Waals surface area (Å²) >= 11 is 1.72. The SMILES string of the molecule is COc1ccccc1CN(CC1CCCO1)C(=O)C1CCN(c2ncnc3sc(C)c(C)c23)CC1. The lowest BCUT2D eigenvalue weighted by Gasteiger charge is -2.36. The number of anilines is 1. The van der Waals surface area contributed by atoms with E-state index >= 15 is 0 Å². The minimum atomic E-state index is 0.00463. The van der Waals surface area contributed by atoms with Crippen molar-refractivity contribution in [3.8, 4) is 5.75 Å². The number of fused-ring (bicyclic) bond motifs is 1. The highest BCUT2D eigenvalue weighted by molar-refractivity contribution is 7.18. The van der Waals surface area contributed by atoms with Gasteiger partial charge in [0.05, 0.1) is 18.6 Å². The van der Waals surface area contributed by atoms with Crippen molar-refractivity contribution in [2.75, 3.05) is 38.3 Å². The van der Waals surface area contributed by atoms with E-state index in [1.54, 1.807) is 24.8 Å². The number of hydrogen-bond acceptors (Lipinski definition) is 7. The molecule has 186 valence electrons. The lowest BCUT2D eigenvalue weighted by molar-refractivity contribution is -0.138. The van der Waals surface area contributed by atoms with E-state index in [9.17, 15) is 4.79 Å². The maximum absolute atomic E-state index is 13.8. The summed E-state index contributed by atoms with van der Waals surface area (Å²) in [6.45, 7) is 7.89. The maximum Gasteiger partial charge on any atom is 0.226 e. The van der Waals surface area contributed by atoms with Gasteiger partial charge in [-0.25, -0.2) is 9.97 Å². The zero-order valence-electron chi connectivity index (χ0n) is 20.8. The average molecular weight is 495 g/mol. The Morgan fingerprint density at radius 1 is 1.20 bits per heavy atom. The summed E-state index contributed by atoms with van der Waals surface area (Å²) in [5.74, 6) is 2.06. The van der Waals surface area contributed by atoms with Gasteiger partial charge in [0.1, 0.15) is 22.7 Å². The molecule has 8 heteroatoms. The summed E-state index contributed by atoms with van der Waals surface area (Å²) in [5.41, 5.74) is 2.30. The molecule has 35 heavy (non-hydrogen) atoms. The smallest absolute Gasteiger partial charge is 0.226 e. The van der Waals surface area contributed by atoms with Crippen molar-refractivity contribution in [3.05, 3.63) is 46.6 Å². The maximum atomic E-state index is 13.8. The number of carbonyl (C=O) groups is 1. The van der Waals surface area contributed by atoms with Crippen molar-refractivity contribution in [1.29, 1.82) is 0 Å².